The Hall–Kier alpha value is -2.44. The highest BCUT2D eigenvalue weighted by molar-refractivity contribution is 5.94. The lowest BCUT2D eigenvalue weighted by molar-refractivity contribution is -0.121. The van der Waals surface area contributed by atoms with Gasteiger partial charge in [0, 0.05) is 19.2 Å². The molecule has 0 spiro atoms. The third kappa shape index (κ3) is 6.32. The number of anilines is 1. The van der Waals surface area contributed by atoms with Crippen molar-refractivity contribution in [3.05, 3.63) is 18.2 Å². The zero-order chi connectivity index (χ0) is 20.7. The van der Waals surface area contributed by atoms with E-state index in [1.165, 1.54) is 0 Å². The van der Waals surface area contributed by atoms with Crippen molar-refractivity contribution in [2.45, 2.75) is 53.1 Å². The van der Waals surface area contributed by atoms with Crippen molar-refractivity contribution in [3.8, 4) is 11.5 Å². The molecule has 0 aliphatic carbocycles. The van der Waals surface area contributed by atoms with Gasteiger partial charge in [-0.3, -0.25) is 4.79 Å². The molecule has 28 heavy (non-hydrogen) atoms. The molecule has 1 aromatic rings. The van der Waals surface area contributed by atoms with E-state index in [-0.39, 0.29) is 17.9 Å². The number of nitrogens with zero attached hydrogens (tertiary/aromatic N) is 1. The van der Waals surface area contributed by atoms with Gasteiger partial charge in [-0.1, -0.05) is 0 Å². The predicted octanol–water partition coefficient (Wildman–Crippen LogP) is 4.07. The van der Waals surface area contributed by atoms with Crippen molar-refractivity contribution in [1.82, 2.24) is 4.90 Å². The highest BCUT2D eigenvalue weighted by Gasteiger charge is 2.31. The van der Waals surface area contributed by atoms with Crippen LogP contribution >= 0.6 is 0 Å². The van der Waals surface area contributed by atoms with Crippen LogP contribution in [0.25, 0.3) is 0 Å². The van der Waals surface area contributed by atoms with Gasteiger partial charge in [-0.2, -0.15) is 0 Å². The van der Waals surface area contributed by atoms with Crippen molar-refractivity contribution in [3.63, 3.8) is 0 Å². The molecule has 1 saturated heterocycles. The van der Waals surface area contributed by atoms with Crippen molar-refractivity contribution in [1.29, 1.82) is 0 Å². The summed E-state index contributed by atoms with van der Waals surface area (Å²) < 4.78 is 16.6. The van der Waals surface area contributed by atoms with Gasteiger partial charge in [0.2, 0.25) is 5.91 Å². The molecule has 156 valence electrons. The molecular formula is C21H32N2O5. The van der Waals surface area contributed by atoms with E-state index in [0.29, 0.717) is 43.5 Å². The third-order valence-corrected chi connectivity index (χ3v) is 4.26. The first-order valence-electron chi connectivity index (χ1n) is 9.92. The van der Waals surface area contributed by atoms with Gasteiger partial charge < -0.3 is 24.4 Å². The Morgan fingerprint density at radius 2 is 1.89 bits per heavy atom. The summed E-state index contributed by atoms with van der Waals surface area (Å²) in [6.45, 7) is 11.3. The van der Waals surface area contributed by atoms with Gasteiger partial charge >= 0.3 is 6.09 Å². The summed E-state index contributed by atoms with van der Waals surface area (Å²) in [4.78, 5) is 26.8. The Labute approximate surface area is 167 Å². The normalized spacial score (nSPS) is 17.0. The van der Waals surface area contributed by atoms with Gasteiger partial charge in [-0.25, -0.2) is 4.79 Å². The lowest BCUT2D eigenvalue weighted by Gasteiger charge is -2.33. The fraction of sp³-hybridized carbons (Fsp3) is 0.619. The smallest absolute Gasteiger partial charge is 0.410 e. The molecule has 1 unspecified atom stereocenters. The maximum absolute atomic E-state index is 12.9. The second-order valence-corrected chi connectivity index (χ2v) is 7.78. The number of piperidine rings is 1. The van der Waals surface area contributed by atoms with E-state index < -0.39 is 5.60 Å². The van der Waals surface area contributed by atoms with Crippen molar-refractivity contribution in [2.24, 2.45) is 5.92 Å². The van der Waals surface area contributed by atoms with Crippen LogP contribution in [0.2, 0.25) is 0 Å². The molecule has 0 saturated carbocycles. The van der Waals surface area contributed by atoms with E-state index in [1.807, 2.05) is 40.7 Å². The number of likely N-dealkylation sites (tertiary alicyclic amines) is 1. The molecule has 0 radical (unpaired) electrons. The van der Waals surface area contributed by atoms with Crippen LogP contribution in [0.5, 0.6) is 11.5 Å². The van der Waals surface area contributed by atoms with E-state index in [9.17, 15) is 9.59 Å². The van der Waals surface area contributed by atoms with Gasteiger partial charge in [0.15, 0.2) is 0 Å². The van der Waals surface area contributed by atoms with Crippen LogP contribution in [0, 0.1) is 5.92 Å². The third-order valence-electron chi connectivity index (χ3n) is 4.26. The van der Waals surface area contributed by atoms with Gasteiger partial charge in [0.1, 0.15) is 17.1 Å². The molecule has 2 amide bonds. The highest BCUT2D eigenvalue weighted by atomic mass is 16.6. The molecule has 0 bridgehead atoms. The largest absolute Gasteiger partial charge is 0.494 e. The standard InChI is InChI=1S/C21H32N2O5/c1-6-26-16-10-11-18(27-7-2)17(13-16)22-19(24)15-9-8-12-23(14-15)20(25)28-21(3,4)5/h10-11,13,15H,6-9,12,14H2,1-5H3,(H,22,24). The fourth-order valence-electron chi connectivity index (χ4n) is 3.06. The Morgan fingerprint density at radius 1 is 1.18 bits per heavy atom. The number of rotatable bonds is 6. The Balaban J connectivity index is 2.07. The van der Waals surface area contributed by atoms with Crippen LogP contribution in [-0.2, 0) is 9.53 Å². The molecule has 7 heteroatoms. The first-order valence-corrected chi connectivity index (χ1v) is 9.92. The number of amides is 2. The van der Waals surface area contributed by atoms with E-state index in [0.717, 1.165) is 12.8 Å². The molecule has 1 heterocycles. The topological polar surface area (TPSA) is 77.1 Å². The molecule has 0 aromatic heterocycles. The molecule has 1 aliphatic heterocycles. The molecule has 1 fully saturated rings. The molecular weight excluding hydrogens is 360 g/mol. The Kier molecular flexibility index (Phi) is 7.54. The number of hydrogen-bond acceptors (Lipinski definition) is 5. The van der Waals surface area contributed by atoms with E-state index in [4.69, 9.17) is 14.2 Å². The second-order valence-electron chi connectivity index (χ2n) is 7.78. The van der Waals surface area contributed by atoms with Crippen LogP contribution in [0.4, 0.5) is 10.5 Å². The van der Waals surface area contributed by atoms with Crippen LogP contribution in [-0.4, -0.2) is 48.8 Å². The van der Waals surface area contributed by atoms with Crippen LogP contribution in [0.15, 0.2) is 18.2 Å². The molecule has 1 N–H and O–H groups in total. The van der Waals surface area contributed by atoms with Crippen molar-refractivity contribution in [2.75, 3.05) is 31.6 Å². The second kappa shape index (κ2) is 9.66. The summed E-state index contributed by atoms with van der Waals surface area (Å²) in [6.07, 6.45) is 1.10. The Morgan fingerprint density at radius 3 is 2.54 bits per heavy atom. The van der Waals surface area contributed by atoms with E-state index in [2.05, 4.69) is 5.32 Å². The van der Waals surface area contributed by atoms with Crippen molar-refractivity contribution >= 4 is 17.7 Å². The average molecular weight is 392 g/mol. The number of carbonyl (C=O) groups is 2. The highest BCUT2D eigenvalue weighted by Crippen LogP contribution is 2.30. The molecule has 7 nitrogen and oxygen atoms in total. The zero-order valence-corrected chi connectivity index (χ0v) is 17.5. The Bertz CT molecular complexity index is 684. The SMILES string of the molecule is CCOc1ccc(OCC)c(NC(=O)C2CCCN(C(=O)OC(C)(C)C)C2)c1. The van der Waals surface area contributed by atoms with Crippen molar-refractivity contribution < 1.29 is 23.8 Å². The average Bonchev–Trinajstić information content (AvgIpc) is 2.63. The number of hydrogen-bond donors (Lipinski definition) is 1. The lowest BCUT2D eigenvalue weighted by Crippen LogP contribution is -2.45. The summed E-state index contributed by atoms with van der Waals surface area (Å²) in [5.41, 5.74) is 0.0190. The van der Waals surface area contributed by atoms with Gasteiger partial charge in [-0.05, 0) is 59.6 Å². The number of ether oxygens (including phenoxy) is 3. The summed E-state index contributed by atoms with van der Waals surface area (Å²) in [5.74, 6) is 0.828. The number of carbonyl (C=O) groups excluding carboxylic acids is 2. The molecule has 1 aliphatic rings. The minimum absolute atomic E-state index is 0.136. The number of benzene rings is 1. The first-order chi connectivity index (χ1) is 13.2. The van der Waals surface area contributed by atoms with E-state index in [1.54, 1.807) is 17.0 Å². The fourth-order valence-corrected chi connectivity index (χ4v) is 3.06. The quantitative estimate of drug-likeness (QED) is 0.790. The summed E-state index contributed by atoms with van der Waals surface area (Å²) in [5, 5.41) is 2.95. The van der Waals surface area contributed by atoms with Gasteiger partial charge in [-0.15, -0.1) is 0 Å². The summed E-state index contributed by atoms with van der Waals surface area (Å²) >= 11 is 0. The minimum atomic E-state index is -0.557. The molecule has 1 atom stereocenters. The van der Waals surface area contributed by atoms with Crippen LogP contribution in [0.3, 0.4) is 0 Å². The van der Waals surface area contributed by atoms with Gasteiger partial charge in [0.25, 0.3) is 0 Å². The summed E-state index contributed by atoms with van der Waals surface area (Å²) in [6, 6.07) is 5.37. The lowest BCUT2D eigenvalue weighted by atomic mass is 9.97. The zero-order valence-electron chi connectivity index (χ0n) is 17.5. The maximum Gasteiger partial charge on any atom is 0.410 e. The monoisotopic (exact) mass is 392 g/mol. The van der Waals surface area contributed by atoms with Crippen LogP contribution < -0.4 is 14.8 Å². The van der Waals surface area contributed by atoms with Crippen LogP contribution in [0.1, 0.15) is 47.5 Å². The molecule has 1 aromatic carbocycles. The maximum atomic E-state index is 12.9. The molecule has 2 rings (SSSR count). The van der Waals surface area contributed by atoms with E-state index >= 15 is 0 Å². The van der Waals surface area contributed by atoms with Gasteiger partial charge in [0.05, 0.1) is 24.8 Å². The number of nitrogens with one attached hydrogen (secondary N) is 1. The predicted molar refractivity (Wildman–Crippen MR) is 108 cm³/mol. The first kappa shape index (κ1) is 21.9. The minimum Gasteiger partial charge on any atom is -0.494 e. The summed E-state index contributed by atoms with van der Waals surface area (Å²) in [7, 11) is 0.